The quantitative estimate of drug-likeness (QED) is 0.433. The second-order valence-corrected chi connectivity index (χ2v) is 9.18. The van der Waals surface area contributed by atoms with Crippen LogP contribution in [0.3, 0.4) is 0 Å². The summed E-state index contributed by atoms with van der Waals surface area (Å²) in [6, 6.07) is 10.8. The number of quaternary nitrogens is 1. The van der Waals surface area contributed by atoms with Gasteiger partial charge in [0.05, 0.1) is 25.4 Å². The van der Waals surface area contributed by atoms with E-state index < -0.39 is 17.7 Å². The van der Waals surface area contributed by atoms with E-state index in [1.807, 2.05) is 0 Å². The van der Waals surface area contributed by atoms with E-state index in [2.05, 4.69) is 26.6 Å². The standard InChI is InChI=1S/C22H24BrClN4O4/c23-15-2-7-19-18(14-15)22(31,20(29)25-8-1-9-27-10-12-32-13-11-27)28(21(30)26-19)17-5-3-16(24)4-6-17/h2-7,14,31H,1,8-13H2,(H,25,29)(H,26,30)/p+1. The number of nitrogens with one attached hydrogen (secondary N) is 3. The van der Waals surface area contributed by atoms with Crippen molar-refractivity contribution in [1.82, 2.24) is 5.32 Å². The Kier molecular flexibility index (Phi) is 7.02. The fourth-order valence-electron chi connectivity index (χ4n) is 4.04. The molecule has 32 heavy (non-hydrogen) atoms. The van der Waals surface area contributed by atoms with Crippen LogP contribution in [0.25, 0.3) is 0 Å². The minimum atomic E-state index is -2.24. The van der Waals surface area contributed by atoms with E-state index in [1.165, 1.54) is 4.90 Å². The van der Waals surface area contributed by atoms with Gasteiger partial charge in [-0.15, -0.1) is 0 Å². The third-order valence-electron chi connectivity index (χ3n) is 5.72. The van der Waals surface area contributed by atoms with Gasteiger partial charge in [-0.1, -0.05) is 27.5 Å². The molecule has 1 unspecified atom stereocenters. The largest absolute Gasteiger partial charge is 0.370 e. The molecule has 2 aliphatic heterocycles. The van der Waals surface area contributed by atoms with E-state index in [9.17, 15) is 14.7 Å². The summed E-state index contributed by atoms with van der Waals surface area (Å²) in [5.74, 6) is -0.668. The number of halogens is 2. The lowest BCUT2D eigenvalue weighted by molar-refractivity contribution is -0.908. The Bertz CT molecular complexity index is 1000. The number of rotatable bonds is 6. The molecule has 2 aromatic carbocycles. The van der Waals surface area contributed by atoms with Crippen molar-refractivity contribution in [2.24, 2.45) is 0 Å². The number of nitrogens with zero attached hydrogens (tertiary/aromatic N) is 1. The van der Waals surface area contributed by atoms with Crippen LogP contribution in [0.2, 0.25) is 5.02 Å². The second kappa shape index (κ2) is 9.76. The number of fused-ring (bicyclic) bond motifs is 1. The van der Waals surface area contributed by atoms with Gasteiger partial charge < -0.3 is 25.4 Å². The first-order chi connectivity index (χ1) is 15.4. The lowest BCUT2D eigenvalue weighted by atomic mass is 9.94. The molecule has 0 bridgehead atoms. The van der Waals surface area contributed by atoms with E-state index in [0.29, 0.717) is 27.4 Å². The average molecular weight is 525 g/mol. The highest BCUT2D eigenvalue weighted by atomic mass is 79.9. The molecule has 4 rings (SSSR count). The SMILES string of the molecule is O=C1Nc2ccc(Br)cc2C(O)(C(=O)NCCC[NH+]2CCOCC2)N1c1ccc(Cl)cc1. The molecule has 8 nitrogen and oxygen atoms in total. The molecule has 3 amide bonds. The van der Waals surface area contributed by atoms with Gasteiger partial charge in [0.1, 0.15) is 13.1 Å². The number of anilines is 2. The Morgan fingerprint density at radius 2 is 1.97 bits per heavy atom. The molecule has 2 aromatic rings. The van der Waals surface area contributed by atoms with Gasteiger partial charge in [-0.3, -0.25) is 9.69 Å². The maximum atomic E-state index is 13.4. The smallest absolute Gasteiger partial charge is 0.329 e. The number of hydrogen-bond acceptors (Lipinski definition) is 4. The van der Waals surface area contributed by atoms with Crippen molar-refractivity contribution in [3.8, 4) is 0 Å². The highest BCUT2D eigenvalue weighted by molar-refractivity contribution is 9.10. The highest BCUT2D eigenvalue weighted by Gasteiger charge is 2.52. The zero-order chi connectivity index (χ0) is 22.7. The first-order valence-electron chi connectivity index (χ1n) is 10.5. The number of hydrogen-bond donors (Lipinski definition) is 4. The number of carbonyl (C=O) groups excluding carboxylic acids is 2. The van der Waals surface area contributed by atoms with E-state index in [4.69, 9.17) is 16.3 Å². The normalized spacial score (nSPS) is 21.1. The Labute approximate surface area is 199 Å². The minimum Gasteiger partial charge on any atom is -0.370 e. The average Bonchev–Trinajstić information content (AvgIpc) is 2.79. The Morgan fingerprint density at radius 3 is 2.69 bits per heavy atom. The van der Waals surface area contributed by atoms with Gasteiger partial charge in [0.2, 0.25) is 0 Å². The van der Waals surface area contributed by atoms with Crippen LogP contribution in [0.15, 0.2) is 46.9 Å². The molecule has 1 atom stereocenters. The molecule has 2 heterocycles. The van der Waals surface area contributed by atoms with Crippen LogP contribution in [-0.2, 0) is 15.3 Å². The van der Waals surface area contributed by atoms with Gasteiger partial charge in [-0.05, 0) is 42.5 Å². The van der Waals surface area contributed by atoms with Crippen molar-refractivity contribution in [3.05, 3.63) is 57.5 Å². The molecular weight excluding hydrogens is 500 g/mol. The molecule has 0 saturated carbocycles. The maximum absolute atomic E-state index is 13.4. The molecular formula is C22H25BrClN4O4+. The van der Waals surface area contributed by atoms with Gasteiger partial charge in [0, 0.05) is 33.7 Å². The minimum absolute atomic E-state index is 0.276. The van der Waals surface area contributed by atoms with Crippen molar-refractivity contribution in [2.45, 2.75) is 12.1 Å². The summed E-state index contributed by atoms with van der Waals surface area (Å²) in [6.45, 7) is 4.67. The van der Waals surface area contributed by atoms with E-state index in [0.717, 1.165) is 44.2 Å². The van der Waals surface area contributed by atoms with Crippen LogP contribution < -0.4 is 20.4 Å². The predicted molar refractivity (Wildman–Crippen MR) is 125 cm³/mol. The fourth-order valence-corrected chi connectivity index (χ4v) is 4.53. The fraction of sp³-hybridized carbons (Fsp3) is 0.364. The molecule has 0 spiro atoms. The summed E-state index contributed by atoms with van der Waals surface area (Å²) in [6.07, 6.45) is 0.746. The molecule has 0 aliphatic carbocycles. The zero-order valence-electron chi connectivity index (χ0n) is 17.4. The van der Waals surface area contributed by atoms with E-state index in [1.54, 1.807) is 42.5 Å². The first-order valence-corrected chi connectivity index (χ1v) is 11.7. The zero-order valence-corrected chi connectivity index (χ0v) is 19.7. The summed E-state index contributed by atoms with van der Waals surface area (Å²) in [5, 5.41) is 17.9. The molecule has 4 N–H and O–H groups in total. The van der Waals surface area contributed by atoms with Gasteiger partial charge in [0.15, 0.2) is 0 Å². The lowest BCUT2D eigenvalue weighted by Gasteiger charge is -2.42. The molecule has 170 valence electrons. The van der Waals surface area contributed by atoms with Crippen molar-refractivity contribution >= 4 is 50.8 Å². The van der Waals surface area contributed by atoms with Crippen LogP contribution in [0, 0.1) is 0 Å². The molecule has 0 radical (unpaired) electrons. The predicted octanol–water partition coefficient (Wildman–Crippen LogP) is 1.72. The van der Waals surface area contributed by atoms with E-state index >= 15 is 0 Å². The Morgan fingerprint density at radius 1 is 1.25 bits per heavy atom. The van der Waals surface area contributed by atoms with Crippen molar-refractivity contribution in [3.63, 3.8) is 0 Å². The number of amides is 3. The molecule has 10 heteroatoms. The Hall–Kier alpha value is -2.17. The molecule has 1 fully saturated rings. The van der Waals surface area contributed by atoms with Crippen LogP contribution in [0.4, 0.5) is 16.2 Å². The number of ether oxygens (including phenoxy) is 1. The summed E-state index contributed by atoms with van der Waals surface area (Å²) in [5.41, 5.74) is -1.24. The van der Waals surface area contributed by atoms with Gasteiger partial charge in [0.25, 0.3) is 11.6 Å². The van der Waals surface area contributed by atoms with E-state index in [-0.39, 0.29) is 5.56 Å². The number of morpholine rings is 1. The highest BCUT2D eigenvalue weighted by Crippen LogP contribution is 2.41. The third-order valence-corrected chi connectivity index (χ3v) is 6.46. The number of urea groups is 1. The molecule has 0 aromatic heterocycles. The maximum Gasteiger partial charge on any atom is 0.329 e. The summed E-state index contributed by atoms with van der Waals surface area (Å²) >= 11 is 9.39. The van der Waals surface area contributed by atoms with Crippen molar-refractivity contribution in [1.29, 1.82) is 0 Å². The number of carbonyl (C=O) groups is 2. The van der Waals surface area contributed by atoms with Gasteiger partial charge in [-0.2, -0.15) is 0 Å². The Balaban J connectivity index is 1.59. The van der Waals surface area contributed by atoms with Crippen LogP contribution in [-0.4, -0.2) is 56.4 Å². The van der Waals surface area contributed by atoms with Crippen LogP contribution in [0.1, 0.15) is 12.0 Å². The summed E-state index contributed by atoms with van der Waals surface area (Å²) in [4.78, 5) is 28.9. The topological polar surface area (TPSA) is 95.3 Å². The van der Waals surface area contributed by atoms with Gasteiger partial charge >= 0.3 is 6.03 Å². The first kappa shape index (κ1) is 23.0. The monoisotopic (exact) mass is 523 g/mol. The molecule has 1 saturated heterocycles. The third kappa shape index (κ3) is 4.62. The summed E-state index contributed by atoms with van der Waals surface area (Å²) < 4.78 is 6.04. The van der Waals surface area contributed by atoms with Gasteiger partial charge in [-0.25, -0.2) is 4.79 Å². The van der Waals surface area contributed by atoms with Crippen LogP contribution in [0.5, 0.6) is 0 Å². The number of benzene rings is 2. The molecule has 2 aliphatic rings. The summed E-state index contributed by atoms with van der Waals surface area (Å²) in [7, 11) is 0. The van der Waals surface area contributed by atoms with Crippen LogP contribution >= 0.6 is 27.5 Å². The van der Waals surface area contributed by atoms with Crippen molar-refractivity contribution < 1.29 is 24.3 Å². The second-order valence-electron chi connectivity index (χ2n) is 7.83. The van der Waals surface area contributed by atoms with Crippen molar-refractivity contribution in [2.75, 3.05) is 49.6 Å². The number of aliphatic hydroxyl groups is 1. The lowest BCUT2D eigenvalue weighted by Crippen LogP contribution is -3.14.